The maximum absolute atomic E-state index is 10.3. The minimum Gasteiger partial charge on any atom is -0.497 e. The number of ether oxygens (including phenoxy) is 1. The molecule has 0 fully saturated rings. The lowest BCUT2D eigenvalue weighted by Crippen LogP contribution is -1.90. The van der Waals surface area contributed by atoms with E-state index < -0.39 is 0 Å². The first kappa shape index (κ1) is 11.3. The number of hydrogen-bond donors (Lipinski definition) is 0. The Morgan fingerprint density at radius 1 is 1.12 bits per heavy atom. The van der Waals surface area contributed by atoms with Crippen molar-refractivity contribution >= 4 is 6.29 Å². The molecule has 0 aliphatic rings. The lowest BCUT2D eigenvalue weighted by atomic mass is 10.1. The summed E-state index contributed by atoms with van der Waals surface area (Å²) in [6.07, 6.45) is 3.00. The normalized spacial score (nSPS) is 9.94. The van der Waals surface area contributed by atoms with Crippen molar-refractivity contribution in [2.45, 2.75) is 6.42 Å². The molecule has 2 aromatic rings. The fourth-order valence-electron chi connectivity index (χ4n) is 1.58. The molecule has 0 bridgehead atoms. The van der Waals surface area contributed by atoms with Crippen LogP contribution in [0.25, 0.3) is 11.1 Å². The van der Waals surface area contributed by atoms with Crippen LogP contribution in [0.1, 0.15) is 5.69 Å². The van der Waals surface area contributed by atoms with E-state index >= 15 is 0 Å². The molecule has 86 valence electrons. The molecule has 0 amide bonds. The van der Waals surface area contributed by atoms with Gasteiger partial charge in [0.25, 0.3) is 0 Å². The summed E-state index contributed by atoms with van der Waals surface area (Å²) in [4.78, 5) is 14.6. The lowest BCUT2D eigenvalue weighted by Gasteiger charge is -2.04. The van der Waals surface area contributed by atoms with E-state index in [1.807, 2.05) is 36.4 Å². The molecule has 3 heteroatoms. The third-order valence-corrected chi connectivity index (χ3v) is 2.54. The summed E-state index contributed by atoms with van der Waals surface area (Å²) in [5.74, 6) is 0.833. The van der Waals surface area contributed by atoms with E-state index in [4.69, 9.17) is 4.74 Å². The number of aromatic nitrogens is 1. The molecular formula is C14H13NO2. The number of nitrogens with zero attached hydrogens (tertiary/aromatic N) is 1. The molecule has 0 radical (unpaired) electrons. The fraction of sp³-hybridized carbons (Fsp3) is 0.143. The number of hydrogen-bond acceptors (Lipinski definition) is 3. The van der Waals surface area contributed by atoms with Crippen LogP contribution in [-0.2, 0) is 11.2 Å². The highest BCUT2D eigenvalue weighted by molar-refractivity contribution is 5.63. The van der Waals surface area contributed by atoms with E-state index in [0.717, 1.165) is 28.9 Å². The van der Waals surface area contributed by atoms with Crippen molar-refractivity contribution in [2.75, 3.05) is 7.11 Å². The van der Waals surface area contributed by atoms with Crippen molar-refractivity contribution in [1.82, 2.24) is 4.98 Å². The molecule has 1 heterocycles. The topological polar surface area (TPSA) is 39.2 Å². The van der Waals surface area contributed by atoms with Crippen molar-refractivity contribution in [3.05, 3.63) is 48.3 Å². The van der Waals surface area contributed by atoms with Crippen LogP contribution in [-0.4, -0.2) is 18.4 Å². The van der Waals surface area contributed by atoms with E-state index in [0.29, 0.717) is 6.42 Å². The molecule has 17 heavy (non-hydrogen) atoms. The predicted molar refractivity (Wildman–Crippen MR) is 66.0 cm³/mol. The molecular weight excluding hydrogens is 214 g/mol. The van der Waals surface area contributed by atoms with Crippen molar-refractivity contribution in [3.8, 4) is 16.9 Å². The number of benzene rings is 1. The molecule has 0 N–H and O–H groups in total. The Hall–Kier alpha value is -2.16. The first-order valence-electron chi connectivity index (χ1n) is 5.36. The number of carbonyl (C=O) groups is 1. The van der Waals surface area contributed by atoms with E-state index in [1.165, 1.54) is 0 Å². The van der Waals surface area contributed by atoms with Crippen LogP contribution in [0.15, 0.2) is 42.6 Å². The standard InChI is InChI=1S/C14H13NO2/c1-17-14-6-3-11(4-7-14)12-2-5-13(8-9-16)15-10-12/h2-7,9-10H,8H2,1H3. The van der Waals surface area contributed by atoms with Crippen LogP contribution in [0.2, 0.25) is 0 Å². The van der Waals surface area contributed by atoms with Crippen LogP contribution in [0, 0.1) is 0 Å². The highest BCUT2D eigenvalue weighted by Crippen LogP contribution is 2.21. The number of aldehydes is 1. The molecule has 2 rings (SSSR count). The van der Waals surface area contributed by atoms with Crippen LogP contribution < -0.4 is 4.74 Å². The molecule has 0 aliphatic heterocycles. The highest BCUT2D eigenvalue weighted by atomic mass is 16.5. The van der Waals surface area contributed by atoms with Gasteiger partial charge in [-0.15, -0.1) is 0 Å². The van der Waals surface area contributed by atoms with Gasteiger partial charge in [0, 0.05) is 23.9 Å². The summed E-state index contributed by atoms with van der Waals surface area (Å²) in [6.45, 7) is 0. The minimum atomic E-state index is 0.364. The molecule has 0 saturated heterocycles. The number of methoxy groups -OCH3 is 1. The average Bonchev–Trinajstić information content (AvgIpc) is 2.40. The maximum Gasteiger partial charge on any atom is 0.125 e. The zero-order valence-corrected chi connectivity index (χ0v) is 9.59. The second-order valence-corrected chi connectivity index (χ2v) is 3.64. The van der Waals surface area contributed by atoms with Crippen LogP contribution in [0.4, 0.5) is 0 Å². The van der Waals surface area contributed by atoms with Gasteiger partial charge in [-0.05, 0) is 23.8 Å². The Bertz CT molecular complexity index is 489. The van der Waals surface area contributed by atoms with Gasteiger partial charge in [-0.2, -0.15) is 0 Å². The zero-order valence-electron chi connectivity index (χ0n) is 9.59. The zero-order chi connectivity index (χ0) is 12.1. The smallest absolute Gasteiger partial charge is 0.125 e. The predicted octanol–water partition coefficient (Wildman–Crippen LogP) is 2.50. The summed E-state index contributed by atoms with van der Waals surface area (Å²) in [5, 5.41) is 0. The number of carbonyl (C=O) groups excluding carboxylic acids is 1. The monoisotopic (exact) mass is 227 g/mol. The van der Waals surface area contributed by atoms with Gasteiger partial charge in [-0.25, -0.2) is 0 Å². The van der Waals surface area contributed by atoms with E-state index in [2.05, 4.69) is 4.98 Å². The first-order chi connectivity index (χ1) is 8.33. The van der Waals surface area contributed by atoms with Crippen molar-refractivity contribution in [3.63, 3.8) is 0 Å². The molecule has 3 nitrogen and oxygen atoms in total. The Kier molecular flexibility index (Phi) is 3.50. The van der Waals surface area contributed by atoms with Crippen molar-refractivity contribution in [2.24, 2.45) is 0 Å². The van der Waals surface area contributed by atoms with Crippen LogP contribution in [0.5, 0.6) is 5.75 Å². The third-order valence-electron chi connectivity index (χ3n) is 2.54. The quantitative estimate of drug-likeness (QED) is 0.753. The number of rotatable bonds is 4. The minimum absolute atomic E-state index is 0.364. The van der Waals surface area contributed by atoms with Gasteiger partial charge in [-0.1, -0.05) is 18.2 Å². The Morgan fingerprint density at radius 3 is 2.35 bits per heavy atom. The Morgan fingerprint density at radius 2 is 1.82 bits per heavy atom. The molecule has 0 unspecified atom stereocenters. The molecule has 1 aromatic carbocycles. The second-order valence-electron chi connectivity index (χ2n) is 3.64. The summed E-state index contributed by atoms with van der Waals surface area (Å²) in [7, 11) is 1.64. The summed E-state index contributed by atoms with van der Waals surface area (Å²) in [5.41, 5.74) is 2.90. The second kappa shape index (κ2) is 5.25. The van der Waals surface area contributed by atoms with Gasteiger partial charge >= 0.3 is 0 Å². The maximum atomic E-state index is 10.3. The Balaban J connectivity index is 2.23. The van der Waals surface area contributed by atoms with E-state index in [-0.39, 0.29) is 0 Å². The van der Waals surface area contributed by atoms with Gasteiger partial charge in [0.15, 0.2) is 0 Å². The average molecular weight is 227 g/mol. The largest absolute Gasteiger partial charge is 0.497 e. The Labute approximate surface area is 100 Å². The SMILES string of the molecule is COc1ccc(-c2ccc(CC=O)nc2)cc1. The van der Waals surface area contributed by atoms with Crippen LogP contribution in [0.3, 0.4) is 0 Å². The van der Waals surface area contributed by atoms with Gasteiger partial charge in [-0.3, -0.25) is 4.98 Å². The van der Waals surface area contributed by atoms with Crippen molar-refractivity contribution < 1.29 is 9.53 Å². The van der Waals surface area contributed by atoms with Gasteiger partial charge < -0.3 is 9.53 Å². The molecule has 0 aliphatic carbocycles. The molecule has 0 saturated carbocycles. The van der Waals surface area contributed by atoms with E-state index in [1.54, 1.807) is 13.3 Å². The molecule has 0 atom stereocenters. The lowest BCUT2D eigenvalue weighted by molar-refractivity contribution is -0.107. The van der Waals surface area contributed by atoms with Crippen LogP contribution >= 0.6 is 0 Å². The molecule has 1 aromatic heterocycles. The summed E-state index contributed by atoms with van der Waals surface area (Å²) < 4.78 is 5.10. The third kappa shape index (κ3) is 2.69. The summed E-state index contributed by atoms with van der Waals surface area (Å²) >= 11 is 0. The van der Waals surface area contributed by atoms with Gasteiger partial charge in [0.05, 0.1) is 7.11 Å². The fourth-order valence-corrected chi connectivity index (χ4v) is 1.58. The van der Waals surface area contributed by atoms with Gasteiger partial charge in [0.1, 0.15) is 12.0 Å². The number of pyridine rings is 1. The molecule has 0 spiro atoms. The van der Waals surface area contributed by atoms with E-state index in [9.17, 15) is 4.79 Å². The highest BCUT2D eigenvalue weighted by Gasteiger charge is 1.99. The first-order valence-corrected chi connectivity index (χ1v) is 5.36. The van der Waals surface area contributed by atoms with Crippen molar-refractivity contribution in [1.29, 1.82) is 0 Å². The van der Waals surface area contributed by atoms with Gasteiger partial charge in [0.2, 0.25) is 0 Å². The summed E-state index contributed by atoms with van der Waals surface area (Å²) in [6, 6.07) is 11.6.